The van der Waals surface area contributed by atoms with Crippen molar-refractivity contribution in [1.82, 2.24) is 0 Å². The highest BCUT2D eigenvalue weighted by molar-refractivity contribution is 5.04. The lowest BCUT2D eigenvalue weighted by atomic mass is 10.1. The summed E-state index contributed by atoms with van der Waals surface area (Å²) in [6, 6.07) is 2.08. The minimum Gasteiger partial charge on any atom is -0.198 e. The lowest BCUT2D eigenvalue weighted by molar-refractivity contribution is 0.727. The summed E-state index contributed by atoms with van der Waals surface area (Å²) < 4.78 is 0. The van der Waals surface area contributed by atoms with Crippen LogP contribution >= 0.6 is 0 Å². The maximum Gasteiger partial charge on any atom is 0.0663 e. The second-order valence-electron chi connectivity index (χ2n) is 4.12. The molecule has 0 N–H and O–H groups in total. The van der Waals surface area contributed by atoms with Crippen molar-refractivity contribution < 1.29 is 0 Å². The van der Waals surface area contributed by atoms with Gasteiger partial charge in [-0.3, -0.25) is 0 Å². The van der Waals surface area contributed by atoms with Crippen molar-refractivity contribution in [3.05, 3.63) is 36.5 Å². The summed E-state index contributed by atoms with van der Waals surface area (Å²) >= 11 is 0. The van der Waals surface area contributed by atoms with E-state index in [-0.39, 0.29) is 0 Å². The van der Waals surface area contributed by atoms with Crippen molar-refractivity contribution >= 4 is 0 Å². The molecule has 0 aliphatic heterocycles. The molecule has 0 saturated heterocycles. The Morgan fingerprint density at radius 2 is 1.47 bits per heavy atom. The van der Waals surface area contributed by atoms with Crippen molar-refractivity contribution in [1.29, 1.82) is 5.26 Å². The number of nitrogens with zero attached hydrogens (tertiary/aromatic N) is 1. The zero-order valence-electron chi connectivity index (χ0n) is 11.1. The van der Waals surface area contributed by atoms with E-state index in [1.54, 1.807) is 0 Å². The van der Waals surface area contributed by atoms with Crippen LogP contribution in [0.3, 0.4) is 0 Å². The first-order valence-electron chi connectivity index (χ1n) is 6.75. The summed E-state index contributed by atoms with van der Waals surface area (Å²) in [6.07, 6.45) is 21.9. The van der Waals surface area contributed by atoms with Gasteiger partial charge in [-0.05, 0) is 32.1 Å². The second-order valence-corrected chi connectivity index (χ2v) is 4.12. The summed E-state index contributed by atoms with van der Waals surface area (Å²) in [5.74, 6) is 0. The van der Waals surface area contributed by atoms with Crippen LogP contribution in [0.25, 0.3) is 0 Å². The third-order valence-electron chi connectivity index (χ3n) is 2.48. The third-order valence-corrected chi connectivity index (χ3v) is 2.48. The fourth-order valence-electron chi connectivity index (χ4n) is 1.48. The Morgan fingerprint density at radius 1 is 0.824 bits per heavy atom. The van der Waals surface area contributed by atoms with Crippen LogP contribution in [0.4, 0.5) is 0 Å². The molecule has 0 bridgehead atoms. The topological polar surface area (TPSA) is 23.8 Å². The van der Waals surface area contributed by atoms with Gasteiger partial charge in [0.1, 0.15) is 0 Å². The van der Waals surface area contributed by atoms with E-state index in [9.17, 15) is 0 Å². The highest BCUT2D eigenvalue weighted by Gasteiger charge is 1.82. The Kier molecular flexibility index (Phi) is 13.6. The van der Waals surface area contributed by atoms with Gasteiger partial charge in [0, 0.05) is 0 Å². The highest BCUT2D eigenvalue weighted by Crippen LogP contribution is 2.02. The molecule has 0 rings (SSSR count). The average Bonchev–Trinajstić information content (AvgIpc) is 2.35. The molecule has 0 radical (unpaired) electrons. The molecule has 0 aromatic heterocycles. The van der Waals surface area contributed by atoms with E-state index in [0.717, 1.165) is 6.42 Å². The van der Waals surface area contributed by atoms with Crippen LogP contribution in [-0.2, 0) is 0 Å². The van der Waals surface area contributed by atoms with Crippen molar-refractivity contribution in [2.75, 3.05) is 0 Å². The number of unbranched alkanes of at least 4 members (excludes halogenated alkanes) is 5. The number of nitriles is 1. The van der Waals surface area contributed by atoms with Crippen LogP contribution in [0, 0.1) is 11.3 Å². The molecule has 0 atom stereocenters. The molecule has 0 fully saturated rings. The predicted molar refractivity (Wildman–Crippen MR) is 75.6 cm³/mol. The quantitative estimate of drug-likeness (QED) is 0.283. The number of hydrogen-bond acceptors (Lipinski definition) is 1. The Labute approximate surface area is 107 Å². The zero-order chi connectivity index (χ0) is 12.6. The van der Waals surface area contributed by atoms with Crippen LogP contribution < -0.4 is 0 Å². The van der Waals surface area contributed by atoms with E-state index in [1.165, 1.54) is 38.5 Å². The Morgan fingerprint density at radius 3 is 2.18 bits per heavy atom. The first-order chi connectivity index (χ1) is 8.41. The Balaban J connectivity index is 3.25. The van der Waals surface area contributed by atoms with Gasteiger partial charge in [-0.2, -0.15) is 5.26 Å². The molecular weight excluding hydrogens is 206 g/mol. The standard InChI is InChI=1S/C16H25N/c1-2-3-4-5-6-7-8-9-10-11-12-13-14-15-16-17/h6-7,11-14H,2-5,8-10,15H2,1H3/b7-6+,12-11+,14-13+. The van der Waals surface area contributed by atoms with Crippen LogP contribution in [0.15, 0.2) is 36.5 Å². The summed E-state index contributed by atoms with van der Waals surface area (Å²) in [4.78, 5) is 0. The smallest absolute Gasteiger partial charge is 0.0663 e. The molecule has 0 aromatic carbocycles. The number of hydrogen-bond donors (Lipinski definition) is 0. The van der Waals surface area contributed by atoms with E-state index in [2.05, 4.69) is 31.2 Å². The molecule has 0 aliphatic rings. The summed E-state index contributed by atoms with van der Waals surface area (Å²) in [5.41, 5.74) is 0. The molecule has 0 aromatic rings. The van der Waals surface area contributed by atoms with Crippen LogP contribution in [0.2, 0.25) is 0 Å². The first kappa shape index (κ1) is 15.7. The van der Waals surface area contributed by atoms with E-state index in [4.69, 9.17) is 5.26 Å². The van der Waals surface area contributed by atoms with E-state index < -0.39 is 0 Å². The van der Waals surface area contributed by atoms with Gasteiger partial charge in [0.2, 0.25) is 0 Å². The molecular formula is C16H25N. The third kappa shape index (κ3) is 14.7. The monoisotopic (exact) mass is 231 g/mol. The van der Waals surface area contributed by atoms with Gasteiger partial charge in [-0.1, -0.05) is 56.2 Å². The highest BCUT2D eigenvalue weighted by atomic mass is 14.2. The fraction of sp³-hybridized carbons (Fsp3) is 0.562. The molecule has 0 amide bonds. The van der Waals surface area contributed by atoms with Gasteiger partial charge >= 0.3 is 0 Å². The SMILES string of the molecule is CCCCC/C=C/CCC/C=C/C=C/CC#N. The van der Waals surface area contributed by atoms with E-state index in [1.807, 2.05) is 18.2 Å². The van der Waals surface area contributed by atoms with Crippen molar-refractivity contribution in [2.45, 2.75) is 58.3 Å². The van der Waals surface area contributed by atoms with Gasteiger partial charge in [0.25, 0.3) is 0 Å². The largest absolute Gasteiger partial charge is 0.198 e. The van der Waals surface area contributed by atoms with E-state index >= 15 is 0 Å². The second kappa shape index (κ2) is 14.7. The maximum absolute atomic E-state index is 8.31. The normalized spacial score (nSPS) is 11.8. The van der Waals surface area contributed by atoms with Crippen molar-refractivity contribution in [3.63, 3.8) is 0 Å². The molecule has 94 valence electrons. The molecule has 1 heteroatoms. The van der Waals surface area contributed by atoms with Crippen molar-refractivity contribution in [2.24, 2.45) is 0 Å². The lowest BCUT2D eigenvalue weighted by Crippen LogP contribution is -1.72. The molecule has 0 aliphatic carbocycles. The Hall–Kier alpha value is -1.29. The van der Waals surface area contributed by atoms with Gasteiger partial charge in [-0.15, -0.1) is 0 Å². The minimum absolute atomic E-state index is 0.505. The van der Waals surface area contributed by atoms with Crippen LogP contribution in [-0.4, -0.2) is 0 Å². The first-order valence-corrected chi connectivity index (χ1v) is 6.75. The predicted octanol–water partition coefficient (Wildman–Crippen LogP) is 5.32. The fourth-order valence-corrected chi connectivity index (χ4v) is 1.48. The summed E-state index contributed by atoms with van der Waals surface area (Å²) in [7, 11) is 0. The Bertz CT molecular complexity index is 266. The minimum atomic E-state index is 0.505. The van der Waals surface area contributed by atoms with Gasteiger partial charge in [0.15, 0.2) is 0 Å². The molecule has 17 heavy (non-hydrogen) atoms. The number of allylic oxidation sites excluding steroid dienone is 6. The zero-order valence-corrected chi connectivity index (χ0v) is 11.1. The molecule has 0 spiro atoms. The van der Waals surface area contributed by atoms with E-state index in [0.29, 0.717) is 6.42 Å². The van der Waals surface area contributed by atoms with Gasteiger partial charge < -0.3 is 0 Å². The average molecular weight is 231 g/mol. The molecule has 1 nitrogen and oxygen atoms in total. The van der Waals surface area contributed by atoms with Gasteiger partial charge in [-0.25, -0.2) is 0 Å². The molecule has 0 unspecified atom stereocenters. The molecule has 0 saturated carbocycles. The lowest BCUT2D eigenvalue weighted by Gasteiger charge is -1.92. The van der Waals surface area contributed by atoms with Crippen LogP contribution in [0.5, 0.6) is 0 Å². The number of rotatable bonds is 10. The molecule has 0 heterocycles. The summed E-state index contributed by atoms with van der Waals surface area (Å²) in [5, 5.41) is 8.31. The maximum atomic E-state index is 8.31. The van der Waals surface area contributed by atoms with Crippen LogP contribution in [0.1, 0.15) is 58.3 Å². The summed E-state index contributed by atoms with van der Waals surface area (Å²) in [6.45, 7) is 2.24. The van der Waals surface area contributed by atoms with Crippen molar-refractivity contribution in [3.8, 4) is 6.07 Å². The van der Waals surface area contributed by atoms with Gasteiger partial charge in [0.05, 0.1) is 12.5 Å².